The van der Waals surface area contributed by atoms with Gasteiger partial charge in [-0.15, -0.1) is 0 Å². The number of sulfonamides is 1. The van der Waals surface area contributed by atoms with Gasteiger partial charge in [-0.05, 0) is 18.2 Å². The van der Waals surface area contributed by atoms with Gasteiger partial charge < -0.3 is 16.5 Å². The molecule has 0 saturated carbocycles. The Bertz CT molecular complexity index is 875. The summed E-state index contributed by atoms with van der Waals surface area (Å²) in [6.07, 6.45) is 0. The average molecular weight is 345 g/mol. The van der Waals surface area contributed by atoms with Crippen LogP contribution in [-0.2, 0) is 14.8 Å². The molecule has 0 fully saturated rings. The van der Waals surface area contributed by atoms with Gasteiger partial charge in [0, 0.05) is 23.0 Å². The van der Waals surface area contributed by atoms with Gasteiger partial charge in [0.2, 0.25) is 15.9 Å². The van der Waals surface area contributed by atoms with Crippen LogP contribution in [0.15, 0.2) is 23.1 Å². The summed E-state index contributed by atoms with van der Waals surface area (Å²) in [6.45, 7) is -0.534. The number of rotatable bonds is 5. The Morgan fingerprint density at radius 3 is 2.50 bits per heavy atom. The fourth-order valence-electron chi connectivity index (χ4n) is 2.04. The number of nitrogens with two attached hydrogens (primary N) is 2. The van der Waals surface area contributed by atoms with Crippen LogP contribution in [0.4, 0.5) is 0 Å². The molecular formula is C12H13ClN4O4S. The highest BCUT2D eigenvalue weighted by Gasteiger charge is 2.31. The van der Waals surface area contributed by atoms with Crippen molar-refractivity contribution < 1.29 is 18.0 Å². The van der Waals surface area contributed by atoms with E-state index in [0.717, 1.165) is 4.31 Å². The van der Waals surface area contributed by atoms with E-state index in [1.54, 1.807) is 0 Å². The number of carbonyl (C=O) groups is 2. The third-order valence-electron chi connectivity index (χ3n) is 3.01. The van der Waals surface area contributed by atoms with Gasteiger partial charge in [-0.2, -0.15) is 4.31 Å². The topological polar surface area (TPSA) is 139 Å². The first-order valence-corrected chi connectivity index (χ1v) is 7.82. The van der Waals surface area contributed by atoms with Crippen LogP contribution in [0.1, 0.15) is 10.5 Å². The van der Waals surface area contributed by atoms with Crippen LogP contribution in [0, 0.1) is 0 Å². The van der Waals surface area contributed by atoms with Crippen LogP contribution >= 0.6 is 11.6 Å². The van der Waals surface area contributed by atoms with Crippen LogP contribution < -0.4 is 11.5 Å². The normalized spacial score (nSPS) is 12.0. The second-order valence-corrected chi connectivity index (χ2v) is 7.03. The lowest BCUT2D eigenvalue weighted by Crippen LogP contribution is -2.36. The zero-order valence-electron chi connectivity index (χ0n) is 11.5. The second kappa shape index (κ2) is 5.59. The average Bonchev–Trinajstić information content (AvgIpc) is 2.77. The van der Waals surface area contributed by atoms with Crippen molar-refractivity contribution in [3.63, 3.8) is 0 Å². The fraction of sp³-hybridized carbons (Fsp3) is 0.167. The molecule has 22 heavy (non-hydrogen) atoms. The fourth-order valence-corrected chi connectivity index (χ4v) is 3.68. The molecule has 1 heterocycles. The molecule has 10 heteroatoms. The van der Waals surface area contributed by atoms with Crippen LogP contribution in [0.2, 0.25) is 5.02 Å². The number of nitrogens with one attached hydrogen (secondary N) is 1. The van der Waals surface area contributed by atoms with E-state index < -0.39 is 28.4 Å². The zero-order valence-corrected chi connectivity index (χ0v) is 13.0. The lowest BCUT2D eigenvalue weighted by molar-refractivity contribution is -0.118. The minimum absolute atomic E-state index is 0.206. The number of benzene rings is 1. The number of fused-ring (bicyclic) bond motifs is 1. The van der Waals surface area contributed by atoms with E-state index in [2.05, 4.69) is 4.98 Å². The molecule has 0 aliphatic carbocycles. The lowest BCUT2D eigenvalue weighted by atomic mass is 10.2. The van der Waals surface area contributed by atoms with Crippen molar-refractivity contribution in [3.05, 3.63) is 28.9 Å². The second-order valence-electron chi connectivity index (χ2n) is 4.61. The summed E-state index contributed by atoms with van der Waals surface area (Å²) < 4.78 is 26.0. The number of aromatic amines is 1. The van der Waals surface area contributed by atoms with Gasteiger partial charge in [0.25, 0.3) is 5.91 Å². The summed E-state index contributed by atoms with van der Waals surface area (Å²) in [7, 11) is -2.99. The summed E-state index contributed by atoms with van der Waals surface area (Å²) in [5.74, 6) is -1.78. The number of likely N-dealkylation sites (N-methyl/N-ethyl adjacent to an activating group) is 1. The van der Waals surface area contributed by atoms with E-state index in [4.69, 9.17) is 23.1 Å². The van der Waals surface area contributed by atoms with E-state index in [-0.39, 0.29) is 21.0 Å². The first-order chi connectivity index (χ1) is 10.1. The quantitative estimate of drug-likeness (QED) is 0.703. The highest BCUT2D eigenvalue weighted by Crippen LogP contribution is 2.30. The molecule has 2 amide bonds. The monoisotopic (exact) mass is 344 g/mol. The van der Waals surface area contributed by atoms with Gasteiger partial charge in [0.15, 0.2) is 0 Å². The summed E-state index contributed by atoms with van der Waals surface area (Å²) in [5.41, 5.74) is 10.3. The molecule has 8 nitrogen and oxygen atoms in total. The molecule has 0 unspecified atom stereocenters. The third-order valence-corrected chi connectivity index (χ3v) is 5.13. The molecule has 5 N–H and O–H groups in total. The maximum Gasteiger partial charge on any atom is 0.266 e. The van der Waals surface area contributed by atoms with Crippen LogP contribution in [0.3, 0.4) is 0 Å². The zero-order chi connectivity index (χ0) is 16.7. The molecule has 0 atom stereocenters. The SMILES string of the molecule is CN(CC(N)=O)S(=O)(=O)c1c(C(N)=O)[nH]c2ccc(Cl)cc12. The smallest absolute Gasteiger partial charge is 0.266 e. The van der Waals surface area contributed by atoms with E-state index in [9.17, 15) is 18.0 Å². The number of hydrogen-bond donors (Lipinski definition) is 3. The summed E-state index contributed by atoms with van der Waals surface area (Å²) in [4.78, 5) is 24.8. The van der Waals surface area contributed by atoms with Crippen molar-refractivity contribution in [2.24, 2.45) is 11.5 Å². The van der Waals surface area contributed by atoms with Gasteiger partial charge in [0.05, 0.1) is 6.54 Å². The standard InChI is InChI=1S/C12H13ClN4O4S/c1-17(5-9(14)18)22(20,21)11-7-4-6(13)2-3-8(7)16-10(11)12(15)19/h2-4,16H,5H2,1H3,(H2,14,18)(H2,15,19). The molecule has 2 rings (SSSR count). The number of hydrogen-bond acceptors (Lipinski definition) is 4. The number of halogens is 1. The predicted octanol–water partition coefficient (Wildman–Crippen LogP) is 0.0260. The highest BCUT2D eigenvalue weighted by molar-refractivity contribution is 7.89. The van der Waals surface area contributed by atoms with E-state index >= 15 is 0 Å². The first kappa shape index (κ1) is 16.3. The molecular weight excluding hydrogens is 332 g/mol. The van der Waals surface area contributed by atoms with E-state index in [1.807, 2.05) is 0 Å². The van der Waals surface area contributed by atoms with Gasteiger partial charge in [-0.3, -0.25) is 9.59 Å². The number of nitrogens with zero attached hydrogens (tertiary/aromatic N) is 1. The summed E-state index contributed by atoms with van der Waals surface area (Å²) in [5, 5.41) is 0.495. The molecule has 0 spiro atoms. The van der Waals surface area contributed by atoms with Crippen molar-refractivity contribution in [1.82, 2.24) is 9.29 Å². The Morgan fingerprint density at radius 2 is 1.95 bits per heavy atom. The largest absolute Gasteiger partial charge is 0.369 e. The minimum atomic E-state index is -4.17. The van der Waals surface area contributed by atoms with Crippen LogP contribution in [0.5, 0.6) is 0 Å². The molecule has 0 aliphatic heterocycles. The van der Waals surface area contributed by atoms with Crippen molar-refractivity contribution in [3.8, 4) is 0 Å². The van der Waals surface area contributed by atoms with Gasteiger partial charge in [0.1, 0.15) is 10.6 Å². The molecule has 0 saturated heterocycles. The van der Waals surface area contributed by atoms with Gasteiger partial charge in [-0.25, -0.2) is 8.42 Å². The molecule has 118 valence electrons. The Kier molecular flexibility index (Phi) is 4.14. The number of primary amides is 2. The highest BCUT2D eigenvalue weighted by atomic mass is 35.5. The molecule has 1 aromatic carbocycles. The minimum Gasteiger partial charge on any atom is -0.369 e. The molecule has 2 aromatic rings. The first-order valence-electron chi connectivity index (χ1n) is 6.00. The molecule has 0 bridgehead atoms. The van der Waals surface area contributed by atoms with Crippen molar-refractivity contribution >= 4 is 44.3 Å². The van der Waals surface area contributed by atoms with Crippen molar-refractivity contribution in [1.29, 1.82) is 0 Å². The number of aromatic nitrogens is 1. The Hall–Kier alpha value is -2.10. The Morgan fingerprint density at radius 1 is 1.32 bits per heavy atom. The molecule has 0 aliphatic rings. The Labute approximate surface area is 131 Å². The molecule has 0 radical (unpaired) electrons. The van der Waals surface area contributed by atoms with Crippen LogP contribution in [-0.4, -0.2) is 43.1 Å². The summed E-state index contributed by atoms with van der Waals surface area (Å²) in [6, 6.07) is 4.46. The number of H-pyrrole nitrogens is 1. The van der Waals surface area contributed by atoms with Gasteiger partial charge in [-0.1, -0.05) is 11.6 Å². The van der Waals surface area contributed by atoms with E-state index in [1.165, 1.54) is 25.2 Å². The van der Waals surface area contributed by atoms with Crippen molar-refractivity contribution in [2.45, 2.75) is 4.90 Å². The van der Waals surface area contributed by atoms with Crippen LogP contribution in [0.25, 0.3) is 10.9 Å². The summed E-state index contributed by atoms with van der Waals surface area (Å²) >= 11 is 5.88. The predicted molar refractivity (Wildman–Crippen MR) is 80.8 cm³/mol. The number of carbonyl (C=O) groups excluding carboxylic acids is 2. The molecule has 1 aromatic heterocycles. The maximum absolute atomic E-state index is 12.6. The van der Waals surface area contributed by atoms with E-state index in [0.29, 0.717) is 5.52 Å². The number of amides is 2. The third kappa shape index (κ3) is 2.78. The van der Waals surface area contributed by atoms with Crippen molar-refractivity contribution in [2.75, 3.05) is 13.6 Å². The Balaban J connectivity index is 2.77. The maximum atomic E-state index is 12.6. The van der Waals surface area contributed by atoms with Gasteiger partial charge >= 0.3 is 0 Å². The lowest BCUT2D eigenvalue weighted by Gasteiger charge is -2.15.